The third-order valence-corrected chi connectivity index (χ3v) is 6.05. The molecule has 4 aromatic rings. The first kappa shape index (κ1) is 17.7. The fourth-order valence-corrected chi connectivity index (χ4v) is 4.43. The first-order chi connectivity index (χ1) is 14.1. The summed E-state index contributed by atoms with van der Waals surface area (Å²) < 4.78 is 12.7. The van der Waals surface area contributed by atoms with Crippen LogP contribution in [0.2, 0.25) is 0 Å². The SMILES string of the molecule is Cc1nc(-c2cn(C)c3ncccc23)sc1C(=O)NCc1ccc2c(c1)OCO2. The fourth-order valence-electron chi connectivity index (χ4n) is 3.42. The number of thiazole rings is 1. The van der Waals surface area contributed by atoms with E-state index >= 15 is 0 Å². The Bertz CT molecular complexity index is 1240. The summed E-state index contributed by atoms with van der Waals surface area (Å²) in [5.41, 5.74) is 3.54. The molecule has 1 aliphatic heterocycles. The van der Waals surface area contributed by atoms with E-state index in [4.69, 9.17) is 9.47 Å². The molecule has 0 spiro atoms. The summed E-state index contributed by atoms with van der Waals surface area (Å²) >= 11 is 1.40. The maximum absolute atomic E-state index is 12.8. The Labute approximate surface area is 170 Å². The van der Waals surface area contributed by atoms with Crippen molar-refractivity contribution in [3.8, 4) is 22.1 Å². The number of aryl methyl sites for hydroxylation is 2. The number of carbonyl (C=O) groups excluding carboxylic acids is 1. The molecule has 0 bridgehead atoms. The van der Waals surface area contributed by atoms with Crippen molar-refractivity contribution in [2.24, 2.45) is 7.05 Å². The van der Waals surface area contributed by atoms with Gasteiger partial charge in [-0.05, 0) is 36.8 Å². The first-order valence-corrected chi connectivity index (χ1v) is 9.96. The highest BCUT2D eigenvalue weighted by molar-refractivity contribution is 7.17. The molecule has 5 rings (SSSR count). The van der Waals surface area contributed by atoms with Gasteiger partial charge in [-0.25, -0.2) is 9.97 Å². The highest BCUT2D eigenvalue weighted by atomic mass is 32.1. The molecular weight excluding hydrogens is 388 g/mol. The van der Waals surface area contributed by atoms with E-state index in [1.807, 2.05) is 55.1 Å². The van der Waals surface area contributed by atoms with E-state index in [2.05, 4.69) is 15.3 Å². The average Bonchev–Trinajstić information content (AvgIpc) is 3.43. The Hall–Kier alpha value is -3.39. The second-order valence-corrected chi connectivity index (χ2v) is 7.83. The van der Waals surface area contributed by atoms with E-state index in [1.54, 1.807) is 6.20 Å². The van der Waals surface area contributed by atoms with Gasteiger partial charge in [0, 0.05) is 36.9 Å². The molecule has 0 radical (unpaired) electrons. The van der Waals surface area contributed by atoms with Crippen LogP contribution < -0.4 is 14.8 Å². The quantitative estimate of drug-likeness (QED) is 0.560. The number of fused-ring (bicyclic) bond motifs is 2. The number of aromatic nitrogens is 3. The van der Waals surface area contributed by atoms with Gasteiger partial charge in [0.2, 0.25) is 6.79 Å². The van der Waals surface area contributed by atoms with Crippen LogP contribution in [0, 0.1) is 6.92 Å². The van der Waals surface area contributed by atoms with E-state index in [0.717, 1.165) is 32.9 Å². The molecular formula is C21H18N4O3S. The first-order valence-electron chi connectivity index (χ1n) is 9.15. The van der Waals surface area contributed by atoms with Crippen molar-refractivity contribution in [1.82, 2.24) is 19.9 Å². The minimum absolute atomic E-state index is 0.137. The number of pyridine rings is 1. The topological polar surface area (TPSA) is 78.3 Å². The molecule has 29 heavy (non-hydrogen) atoms. The van der Waals surface area contributed by atoms with Crippen LogP contribution in [0.3, 0.4) is 0 Å². The van der Waals surface area contributed by atoms with Gasteiger partial charge in [0.25, 0.3) is 5.91 Å². The standard InChI is InChI=1S/C21H18N4O3S/c1-12-18(20(26)23-9-13-5-6-16-17(8-13)28-11-27-16)29-21(24-12)15-10-25(2)19-14(15)4-3-7-22-19/h3-8,10H,9,11H2,1-2H3,(H,23,26). The van der Waals surface area contributed by atoms with Crippen LogP contribution in [0.4, 0.5) is 0 Å². The summed E-state index contributed by atoms with van der Waals surface area (Å²) in [5, 5.41) is 4.81. The van der Waals surface area contributed by atoms with Gasteiger partial charge in [0.15, 0.2) is 11.5 Å². The third kappa shape index (κ3) is 3.11. The molecule has 0 aliphatic carbocycles. The van der Waals surface area contributed by atoms with Crippen molar-refractivity contribution in [2.45, 2.75) is 13.5 Å². The Balaban J connectivity index is 1.38. The van der Waals surface area contributed by atoms with Crippen molar-refractivity contribution in [3.05, 3.63) is 58.9 Å². The lowest BCUT2D eigenvalue weighted by atomic mass is 10.2. The summed E-state index contributed by atoms with van der Waals surface area (Å²) in [5.74, 6) is 1.30. The number of hydrogen-bond donors (Lipinski definition) is 1. The number of hydrogen-bond acceptors (Lipinski definition) is 6. The van der Waals surface area contributed by atoms with Gasteiger partial charge >= 0.3 is 0 Å². The predicted molar refractivity (Wildman–Crippen MR) is 110 cm³/mol. The minimum atomic E-state index is -0.137. The second-order valence-electron chi connectivity index (χ2n) is 6.83. The Kier molecular flexibility index (Phi) is 4.21. The third-order valence-electron chi connectivity index (χ3n) is 4.86. The lowest BCUT2D eigenvalue weighted by molar-refractivity contribution is 0.0954. The zero-order valence-corrected chi connectivity index (χ0v) is 16.7. The molecule has 0 saturated heterocycles. The van der Waals surface area contributed by atoms with Crippen LogP contribution in [0.1, 0.15) is 20.9 Å². The number of rotatable bonds is 4. The van der Waals surface area contributed by atoms with Gasteiger partial charge in [-0.1, -0.05) is 6.07 Å². The monoisotopic (exact) mass is 406 g/mol. The van der Waals surface area contributed by atoms with Gasteiger partial charge < -0.3 is 19.4 Å². The molecule has 0 fully saturated rings. The molecule has 4 heterocycles. The molecule has 7 nitrogen and oxygen atoms in total. The lowest BCUT2D eigenvalue weighted by Crippen LogP contribution is -2.22. The molecule has 3 aromatic heterocycles. The molecule has 0 saturated carbocycles. The van der Waals surface area contributed by atoms with Crippen LogP contribution in [-0.2, 0) is 13.6 Å². The van der Waals surface area contributed by atoms with E-state index in [0.29, 0.717) is 22.9 Å². The van der Waals surface area contributed by atoms with E-state index < -0.39 is 0 Å². The van der Waals surface area contributed by atoms with Crippen molar-refractivity contribution in [1.29, 1.82) is 0 Å². The van der Waals surface area contributed by atoms with E-state index in [-0.39, 0.29) is 12.7 Å². The van der Waals surface area contributed by atoms with Gasteiger partial charge in [-0.15, -0.1) is 11.3 Å². The number of nitrogens with one attached hydrogen (secondary N) is 1. The molecule has 1 aromatic carbocycles. The predicted octanol–water partition coefficient (Wildman–Crippen LogP) is 3.66. The fraction of sp³-hybridized carbons (Fsp3) is 0.190. The van der Waals surface area contributed by atoms with E-state index in [9.17, 15) is 4.79 Å². The maximum atomic E-state index is 12.8. The van der Waals surface area contributed by atoms with Crippen molar-refractivity contribution in [3.63, 3.8) is 0 Å². The Morgan fingerprint density at radius 1 is 1.28 bits per heavy atom. The van der Waals surface area contributed by atoms with Crippen LogP contribution in [0.25, 0.3) is 21.6 Å². The zero-order chi connectivity index (χ0) is 20.0. The maximum Gasteiger partial charge on any atom is 0.263 e. The van der Waals surface area contributed by atoms with Crippen molar-refractivity contribution < 1.29 is 14.3 Å². The van der Waals surface area contributed by atoms with Gasteiger partial charge in [-0.2, -0.15) is 0 Å². The summed E-state index contributed by atoms with van der Waals surface area (Å²) in [7, 11) is 1.96. The smallest absolute Gasteiger partial charge is 0.263 e. The van der Waals surface area contributed by atoms with Crippen molar-refractivity contribution >= 4 is 28.3 Å². The Morgan fingerprint density at radius 2 is 2.14 bits per heavy atom. The summed E-state index contributed by atoms with van der Waals surface area (Å²) in [6, 6.07) is 9.59. The summed E-state index contributed by atoms with van der Waals surface area (Å²) in [4.78, 5) is 22.5. The van der Waals surface area contributed by atoms with Gasteiger partial charge in [0.05, 0.1) is 5.69 Å². The number of ether oxygens (including phenoxy) is 2. The van der Waals surface area contributed by atoms with Gasteiger partial charge in [-0.3, -0.25) is 4.79 Å². The lowest BCUT2D eigenvalue weighted by Gasteiger charge is -2.05. The molecule has 0 atom stereocenters. The molecule has 8 heteroatoms. The zero-order valence-electron chi connectivity index (χ0n) is 15.9. The average molecular weight is 406 g/mol. The normalized spacial score (nSPS) is 12.5. The highest BCUT2D eigenvalue weighted by Crippen LogP contribution is 2.34. The summed E-state index contributed by atoms with van der Waals surface area (Å²) in [6.45, 7) is 2.50. The molecule has 1 N–H and O–H groups in total. The molecule has 1 amide bonds. The largest absolute Gasteiger partial charge is 0.454 e. The Morgan fingerprint density at radius 3 is 3.03 bits per heavy atom. The molecule has 0 unspecified atom stereocenters. The van der Waals surface area contributed by atoms with Crippen LogP contribution in [0.15, 0.2) is 42.7 Å². The minimum Gasteiger partial charge on any atom is -0.454 e. The van der Waals surface area contributed by atoms with Gasteiger partial charge in [0.1, 0.15) is 15.5 Å². The van der Waals surface area contributed by atoms with Crippen LogP contribution in [0.5, 0.6) is 11.5 Å². The van der Waals surface area contributed by atoms with Crippen LogP contribution >= 0.6 is 11.3 Å². The van der Waals surface area contributed by atoms with Crippen molar-refractivity contribution in [2.75, 3.05) is 6.79 Å². The second kappa shape index (κ2) is 6.89. The molecule has 146 valence electrons. The highest BCUT2D eigenvalue weighted by Gasteiger charge is 2.19. The van der Waals surface area contributed by atoms with E-state index in [1.165, 1.54) is 11.3 Å². The number of amides is 1. The number of benzene rings is 1. The molecule has 1 aliphatic rings. The number of nitrogens with zero attached hydrogens (tertiary/aromatic N) is 3. The van der Waals surface area contributed by atoms with Crippen LogP contribution in [-0.4, -0.2) is 27.2 Å². The number of carbonyl (C=O) groups is 1. The summed E-state index contributed by atoms with van der Waals surface area (Å²) in [6.07, 6.45) is 3.78.